The van der Waals surface area contributed by atoms with Gasteiger partial charge in [-0.3, -0.25) is 4.90 Å². The maximum absolute atomic E-state index is 9.89. The maximum atomic E-state index is 9.89. The number of morpholine rings is 1. The molecule has 0 spiro atoms. The largest absolute Gasteiger partial charge is 0.379 e. The number of para-hydroxylation sites is 1. The zero-order valence-corrected chi connectivity index (χ0v) is 14.2. The third kappa shape index (κ3) is 2.72. The molecule has 2 heterocycles. The van der Waals surface area contributed by atoms with E-state index in [1.807, 2.05) is 0 Å². The van der Waals surface area contributed by atoms with E-state index in [0.29, 0.717) is 0 Å². The van der Waals surface area contributed by atoms with Gasteiger partial charge in [0, 0.05) is 43.3 Å². The quantitative estimate of drug-likeness (QED) is 0.867. The van der Waals surface area contributed by atoms with Gasteiger partial charge in [-0.15, -0.1) is 0 Å². The highest BCUT2D eigenvalue weighted by Crippen LogP contribution is 2.43. The fourth-order valence-electron chi connectivity index (χ4n) is 4.31. The molecule has 2 fully saturated rings. The molecule has 4 heteroatoms. The molecule has 4 rings (SSSR count). The zero-order chi connectivity index (χ0) is 16.4. The van der Waals surface area contributed by atoms with Gasteiger partial charge in [0.05, 0.1) is 24.7 Å². The number of nitriles is 1. The van der Waals surface area contributed by atoms with Crippen molar-refractivity contribution in [2.24, 2.45) is 0 Å². The second-order valence-corrected chi connectivity index (χ2v) is 7.11. The Labute approximate surface area is 143 Å². The fraction of sp³-hybridized carbons (Fsp3) is 0.550. The van der Waals surface area contributed by atoms with E-state index in [-0.39, 0.29) is 5.41 Å². The summed E-state index contributed by atoms with van der Waals surface area (Å²) in [5.41, 5.74) is 2.24. The van der Waals surface area contributed by atoms with Crippen LogP contribution in [0.3, 0.4) is 0 Å². The summed E-state index contributed by atoms with van der Waals surface area (Å²) in [5.74, 6) is 0. The van der Waals surface area contributed by atoms with Crippen LogP contribution in [0.5, 0.6) is 0 Å². The Hall–Kier alpha value is -1.83. The van der Waals surface area contributed by atoms with Crippen LogP contribution in [-0.4, -0.2) is 42.3 Å². The molecule has 0 bridgehead atoms. The van der Waals surface area contributed by atoms with Crippen LogP contribution in [0.15, 0.2) is 30.5 Å². The molecule has 0 amide bonds. The summed E-state index contributed by atoms with van der Waals surface area (Å²) in [5, 5.41) is 11.2. The van der Waals surface area contributed by atoms with Gasteiger partial charge >= 0.3 is 0 Å². The molecule has 0 atom stereocenters. The number of rotatable bonds is 4. The molecule has 0 N–H and O–H groups in total. The van der Waals surface area contributed by atoms with Crippen molar-refractivity contribution in [3.05, 3.63) is 36.0 Å². The van der Waals surface area contributed by atoms with Gasteiger partial charge in [-0.05, 0) is 24.5 Å². The minimum Gasteiger partial charge on any atom is -0.379 e. The Kier molecular flexibility index (Phi) is 4.30. The molecule has 4 nitrogen and oxygen atoms in total. The van der Waals surface area contributed by atoms with Gasteiger partial charge in [-0.1, -0.05) is 31.0 Å². The second kappa shape index (κ2) is 6.58. The van der Waals surface area contributed by atoms with Gasteiger partial charge in [0.1, 0.15) is 0 Å². The van der Waals surface area contributed by atoms with Crippen LogP contribution >= 0.6 is 0 Å². The molecule has 1 aromatic heterocycles. The first-order valence-corrected chi connectivity index (χ1v) is 9.12. The summed E-state index contributed by atoms with van der Waals surface area (Å²) in [6.45, 7) is 5.75. The average molecular weight is 323 g/mol. The van der Waals surface area contributed by atoms with Gasteiger partial charge in [-0.25, -0.2) is 0 Å². The molecule has 0 radical (unpaired) electrons. The lowest BCUT2D eigenvalue weighted by molar-refractivity contribution is 0.0365. The lowest BCUT2D eigenvalue weighted by atomic mass is 9.80. The molecule has 126 valence electrons. The molecule has 1 aliphatic heterocycles. The van der Waals surface area contributed by atoms with Gasteiger partial charge in [0.25, 0.3) is 0 Å². The molecule has 1 saturated heterocycles. The number of hydrogen-bond donors (Lipinski definition) is 0. The standard InChI is InChI=1S/C20H25N3O/c21-16-20(7-3-4-8-20)18-15-23(19-6-2-1-5-17(18)19)10-9-22-11-13-24-14-12-22/h1-2,5-6,15H,3-4,7-14H2. The molecule has 2 aromatic rings. The Morgan fingerprint density at radius 1 is 1.08 bits per heavy atom. The van der Waals surface area contributed by atoms with E-state index in [0.717, 1.165) is 52.2 Å². The van der Waals surface area contributed by atoms with Crippen molar-refractivity contribution < 1.29 is 4.74 Å². The second-order valence-electron chi connectivity index (χ2n) is 7.11. The van der Waals surface area contributed by atoms with E-state index < -0.39 is 0 Å². The van der Waals surface area contributed by atoms with Crippen LogP contribution in [-0.2, 0) is 16.7 Å². The molecule has 24 heavy (non-hydrogen) atoms. The number of fused-ring (bicyclic) bond motifs is 1. The zero-order valence-electron chi connectivity index (χ0n) is 14.2. The number of benzene rings is 1. The first kappa shape index (κ1) is 15.7. The monoisotopic (exact) mass is 323 g/mol. The van der Waals surface area contributed by atoms with Crippen molar-refractivity contribution >= 4 is 10.9 Å². The van der Waals surface area contributed by atoms with Crippen LogP contribution in [0.1, 0.15) is 31.2 Å². The summed E-state index contributed by atoms with van der Waals surface area (Å²) < 4.78 is 7.80. The van der Waals surface area contributed by atoms with Crippen molar-refractivity contribution in [1.29, 1.82) is 5.26 Å². The molecular weight excluding hydrogens is 298 g/mol. The minimum atomic E-state index is -0.274. The third-order valence-electron chi connectivity index (χ3n) is 5.74. The topological polar surface area (TPSA) is 41.2 Å². The van der Waals surface area contributed by atoms with Crippen molar-refractivity contribution in [2.45, 2.75) is 37.6 Å². The maximum Gasteiger partial charge on any atom is 0.0843 e. The molecule has 1 aliphatic carbocycles. The summed E-state index contributed by atoms with van der Waals surface area (Å²) in [7, 11) is 0. The van der Waals surface area contributed by atoms with Crippen LogP contribution in [0.4, 0.5) is 0 Å². The number of ether oxygens (including phenoxy) is 1. The van der Waals surface area contributed by atoms with Crippen LogP contribution in [0.25, 0.3) is 10.9 Å². The van der Waals surface area contributed by atoms with E-state index in [2.05, 4.69) is 46.0 Å². The third-order valence-corrected chi connectivity index (χ3v) is 5.74. The number of aromatic nitrogens is 1. The van der Waals surface area contributed by atoms with E-state index >= 15 is 0 Å². The van der Waals surface area contributed by atoms with Crippen molar-refractivity contribution in [2.75, 3.05) is 32.8 Å². The summed E-state index contributed by atoms with van der Waals surface area (Å²) in [6.07, 6.45) is 6.60. The van der Waals surface area contributed by atoms with Crippen molar-refractivity contribution in [3.8, 4) is 6.07 Å². The summed E-state index contributed by atoms with van der Waals surface area (Å²) in [4.78, 5) is 2.47. The summed E-state index contributed by atoms with van der Waals surface area (Å²) >= 11 is 0. The van der Waals surface area contributed by atoms with E-state index in [1.54, 1.807) is 0 Å². The Morgan fingerprint density at radius 3 is 2.58 bits per heavy atom. The number of nitrogens with zero attached hydrogens (tertiary/aromatic N) is 3. The highest BCUT2D eigenvalue weighted by molar-refractivity contribution is 5.85. The molecular formula is C20H25N3O. The fourth-order valence-corrected chi connectivity index (χ4v) is 4.31. The van der Waals surface area contributed by atoms with Crippen LogP contribution < -0.4 is 0 Å². The smallest absolute Gasteiger partial charge is 0.0843 e. The van der Waals surface area contributed by atoms with Gasteiger partial charge < -0.3 is 9.30 Å². The lowest BCUT2D eigenvalue weighted by Gasteiger charge is -2.26. The minimum absolute atomic E-state index is 0.274. The average Bonchev–Trinajstić information content (AvgIpc) is 3.26. The highest BCUT2D eigenvalue weighted by Gasteiger charge is 2.38. The van der Waals surface area contributed by atoms with Gasteiger partial charge in [0.2, 0.25) is 0 Å². The van der Waals surface area contributed by atoms with Crippen molar-refractivity contribution in [3.63, 3.8) is 0 Å². The Balaban J connectivity index is 1.65. The highest BCUT2D eigenvalue weighted by atomic mass is 16.5. The predicted octanol–water partition coefficient (Wildman–Crippen LogP) is 3.31. The predicted molar refractivity (Wildman–Crippen MR) is 95.0 cm³/mol. The first-order valence-electron chi connectivity index (χ1n) is 9.12. The van der Waals surface area contributed by atoms with Crippen LogP contribution in [0.2, 0.25) is 0 Å². The molecule has 0 unspecified atom stereocenters. The van der Waals surface area contributed by atoms with Gasteiger partial charge in [-0.2, -0.15) is 5.26 Å². The van der Waals surface area contributed by atoms with Gasteiger partial charge in [0.15, 0.2) is 0 Å². The SMILES string of the molecule is N#CC1(c2cn(CCN3CCOCC3)c3ccccc23)CCCC1. The molecule has 1 aromatic carbocycles. The van der Waals surface area contributed by atoms with E-state index in [9.17, 15) is 5.26 Å². The Morgan fingerprint density at radius 2 is 1.83 bits per heavy atom. The normalized spacial score (nSPS) is 21.1. The summed E-state index contributed by atoms with van der Waals surface area (Å²) in [6, 6.07) is 11.2. The Bertz CT molecular complexity index is 746. The number of hydrogen-bond acceptors (Lipinski definition) is 3. The van der Waals surface area contributed by atoms with E-state index in [4.69, 9.17) is 4.74 Å². The van der Waals surface area contributed by atoms with Crippen LogP contribution in [0, 0.1) is 11.3 Å². The molecule has 1 saturated carbocycles. The first-order chi connectivity index (χ1) is 11.8. The molecule has 2 aliphatic rings. The van der Waals surface area contributed by atoms with Crippen molar-refractivity contribution in [1.82, 2.24) is 9.47 Å². The van der Waals surface area contributed by atoms with E-state index in [1.165, 1.54) is 29.3 Å². The lowest BCUT2D eigenvalue weighted by Crippen LogP contribution is -2.38.